The van der Waals surface area contributed by atoms with Gasteiger partial charge in [-0.05, 0) is 6.07 Å². The second-order valence-corrected chi connectivity index (χ2v) is 3.00. The van der Waals surface area contributed by atoms with E-state index >= 15 is 0 Å². The number of nitrogens with zero attached hydrogens (tertiary/aromatic N) is 2. The van der Waals surface area contributed by atoms with Crippen molar-refractivity contribution >= 4 is 5.97 Å². The van der Waals surface area contributed by atoms with Crippen molar-refractivity contribution in [3.05, 3.63) is 28.2 Å². The zero-order chi connectivity index (χ0) is 10.1. The van der Waals surface area contributed by atoms with Crippen LogP contribution in [-0.4, -0.2) is 34.1 Å². The molecule has 0 amide bonds. The third-order valence-electron chi connectivity index (χ3n) is 2.01. The van der Waals surface area contributed by atoms with E-state index < -0.39 is 5.97 Å². The standard InChI is InChI=1S/C8H8N2O4/c11-7-2-1-6(8(12)13)9-10(7)5-3-14-4-5/h1-2,5H,3-4H2,(H,12,13). The molecular formula is C8H8N2O4. The number of ether oxygens (including phenoxy) is 1. The summed E-state index contributed by atoms with van der Waals surface area (Å²) in [7, 11) is 0. The minimum absolute atomic E-state index is 0.123. The number of aromatic carboxylic acids is 1. The third-order valence-corrected chi connectivity index (χ3v) is 2.01. The van der Waals surface area contributed by atoms with Gasteiger partial charge in [0.25, 0.3) is 5.56 Å². The highest BCUT2D eigenvalue weighted by Gasteiger charge is 2.23. The molecule has 1 fully saturated rings. The fraction of sp³-hybridized carbons (Fsp3) is 0.375. The van der Waals surface area contributed by atoms with E-state index in [2.05, 4.69) is 5.10 Å². The summed E-state index contributed by atoms with van der Waals surface area (Å²) in [6.07, 6.45) is 0. The molecule has 2 heterocycles. The summed E-state index contributed by atoms with van der Waals surface area (Å²) in [4.78, 5) is 21.9. The Hall–Kier alpha value is -1.69. The van der Waals surface area contributed by atoms with E-state index in [4.69, 9.17) is 9.84 Å². The van der Waals surface area contributed by atoms with Crippen LogP contribution in [0.15, 0.2) is 16.9 Å². The summed E-state index contributed by atoms with van der Waals surface area (Å²) in [5.74, 6) is -1.14. The van der Waals surface area contributed by atoms with Gasteiger partial charge in [0, 0.05) is 6.07 Å². The Labute approximate surface area is 78.7 Å². The van der Waals surface area contributed by atoms with Crippen LogP contribution in [-0.2, 0) is 4.74 Å². The fourth-order valence-electron chi connectivity index (χ4n) is 1.17. The molecule has 0 saturated carbocycles. The van der Waals surface area contributed by atoms with Gasteiger partial charge in [0.2, 0.25) is 0 Å². The minimum Gasteiger partial charge on any atom is -0.476 e. The van der Waals surface area contributed by atoms with Gasteiger partial charge >= 0.3 is 5.97 Å². The molecule has 0 bridgehead atoms. The minimum atomic E-state index is -1.14. The predicted octanol–water partition coefficient (Wildman–Crippen LogP) is -0.487. The van der Waals surface area contributed by atoms with Crippen molar-refractivity contribution in [2.24, 2.45) is 0 Å². The van der Waals surface area contributed by atoms with Crippen molar-refractivity contribution in [2.75, 3.05) is 13.2 Å². The lowest BCUT2D eigenvalue weighted by molar-refractivity contribution is -0.0311. The van der Waals surface area contributed by atoms with Crippen molar-refractivity contribution in [2.45, 2.75) is 6.04 Å². The Balaban J connectivity index is 2.41. The highest BCUT2D eigenvalue weighted by Crippen LogP contribution is 2.13. The maximum absolute atomic E-state index is 11.3. The number of hydrogen-bond acceptors (Lipinski definition) is 4. The molecule has 6 nitrogen and oxygen atoms in total. The highest BCUT2D eigenvalue weighted by atomic mass is 16.5. The van der Waals surface area contributed by atoms with E-state index in [0.29, 0.717) is 13.2 Å². The van der Waals surface area contributed by atoms with Crippen LogP contribution in [0, 0.1) is 0 Å². The number of rotatable bonds is 2. The predicted molar refractivity (Wildman–Crippen MR) is 45.3 cm³/mol. The second kappa shape index (κ2) is 3.22. The van der Waals surface area contributed by atoms with E-state index in [1.54, 1.807) is 0 Å². The first-order valence-electron chi connectivity index (χ1n) is 4.09. The smallest absolute Gasteiger partial charge is 0.356 e. The first kappa shape index (κ1) is 8.89. The van der Waals surface area contributed by atoms with Crippen molar-refractivity contribution in [3.8, 4) is 0 Å². The fourth-order valence-corrected chi connectivity index (χ4v) is 1.17. The van der Waals surface area contributed by atoms with Gasteiger partial charge in [-0.25, -0.2) is 9.48 Å². The largest absolute Gasteiger partial charge is 0.476 e. The maximum atomic E-state index is 11.3. The summed E-state index contributed by atoms with van der Waals surface area (Å²) in [5, 5.41) is 12.4. The second-order valence-electron chi connectivity index (χ2n) is 3.00. The molecule has 1 aliphatic heterocycles. The Morgan fingerprint density at radius 3 is 2.79 bits per heavy atom. The van der Waals surface area contributed by atoms with Gasteiger partial charge in [-0.15, -0.1) is 0 Å². The molecule has 14 heavy (non-hydrogen) atoms. The van der Waals surface area contributed by atoms with Crippen LogP contribution in [0.1, 0.15) is 16.5 Å². The molecule has 1 aromatic heterocycles. The third kappa shape index (κ3) is 1.39. The first-order valence-corrected chi connectivity index (χ1v) is 4.09. The van der Waals surface area contributed by atoms with E-state index in [1.807, 2.05) is 0 Å². The van der Waals surface area contributed by atoms with Crippen LogP contribution in [0.25, 0.3) is 0 Å². The van der Waals surface area contributed by atoms with E-state index in [-0.39, 0.29) is 17.3 Å². The molecule has 0 spiro atoms. The molecule has 2 rings (SSSR count). The highest BCUT2D eigenvalue weighted by molar-refractivity contribution is 5.84. The van der Waals surface area contributed by atoms with Crippen LogP contribution in [0.5, 0.6) is 0 Å². The Morgan fingerprint density at radius 1 is 1.57 bits per heavy atom. The van der Waals surface area contributed by atoms with Crippen LogP contribution in [0.3, 0.4) is 0 Å². The SMILES string of the molecule is O=C(O)c1ccc(=O)n(C2COC2)n1. The molecule has 0 aliphatic carbocycles. The molecule has 6 heteroatoms. The van der Waals surface area contributed by atoms with Crippen LogP contribution in [0.4, 0.5) is 0 Å². The number of carbonyl (C=O) groups is 1. The molecule has 1 N–H and O–H groups in total. The summed E-state index contributed by atoms with van der Waals surface area (Å²) < 4.78 is 6.06. The van der Waals surface area contributed by atoms with Crippen LogP contribution >= 0.6 is 0 Å². The Morgan fingerprint density at radius 2 is 2.29 bits per heavy atom. The van der Waals surface area contributed by atoms with Gasteiger partial charge < -0.3 is 9.84 Å². The molecule has 1 saturated heterocycles. The number of hydrogen-bond donors (Lipinski definition) is 1. The monoisotopic (exact) mass is 196 g/mol. The van der Waals surface area contributed by atoms with Gasteiger partial charge in [0.05, 0.1) is 13.2 Å². The zero-order valence-corrected chi connectivity index (χ0v) is 7.21. The molecule has 0 atom stereocenters. The average molecular weight is 196 g/mol. The lowest BCUT2D eigenvalue weighted by Crippen LogP contribution is -2.39. The van der Waals surface area contributed by atoms with E-state index in [0.717, 1.165) is 4.68 Å². The van der Waals surface area contributed by atoms with Crippen molar-refractivity contribution in [1.29, 1.82) is 0 Å². The Kier molecular flexibility index (Phi) is 2.05. The topological polar surface area (TPSA) is 81.4 Å². The zero-order valence-electron chi connectivity index (χ0n) is 7.21. The molecule has 1 aromatic rings. The quantitative estimate of drug-likeness (QED) is 0.690. The molecule has 0 unspecified atom stereocenters. The number of carboxylic acid groups (broad SMARTS) is 1. The number of aromatic nitrogens is 2. The summed E-state index contributed by atoms with van der Waals surface area (Å²) in [5.41, 5.74) is -0.431. The van der Waals surface area contributed by atoms with E-state index in [9.17, 15) is 9.59 Å². The average Bonchev–Trinajstić information content (AvgIpc) is 2.05. The van der Waals surface area contributed by atoms with Crippen LogP contribution < -0.4 is 5.56 Å². The van der Waals surface area contributed by atoms with Crippen molar-refractivity contribution in [3.63, 3.8) is 0 Å². The maximum Gasteiger partial charge on any atom is 0.356 e. The normalized spacial score (nSPS) is 16.3. The van der Waals surface area contributed by atoms with Gasteiger partial charge in [0.15, 0.2) is 5.69 Å². The first-order chi connectivity index (χ1) is 6.68. The summed E-state index contributed by atoms with van der Waals surface area (Å²) >= 11 is 0. The molecule has 0 aromatic carbocycles. The number of carboxylic acids is 1. The van der Waals surface area contributed by atoms with Gasteiger partial charge in [0.1, 0.15) is 6.04 Å². The lowest BCUT2D eigenvalue weighted by atomic mass is 10.2. The van der Waals surface area contributed by atoms with Crippen molar-refractivity contribution in [1.82, 2.24) is 9.78 Å². The van der Waals surface area contributed by atoms with Gasteiger partial charge in [-0.2, -0.15) is 5.10 Å². The summed E-state index contributed by atoms with van der Waals surface area (Å²) in [6, 6.07) is 2.27. The van der Waals surface area contributed by atoms with Crippen molar-refractivity contribution < 1.29 is 14.6 Å². The van der Waals surface area contributed by atoms with Crippen LogP contribution in [0.2, 0.25) is 0 Å². The molecule has 1 aliphatic rings. The molecule has 74 valence electrons. The summed E-state index contributed by atoms with van der Waals surface area (Å²) in [6.45, 7) is 0.825. The lowest BCUT2D eigenvalue weighted by Gasteiger charge is -2.26. The van der Waals surface area contributed by atoms with Gasteiger partial charge in [-0.1, -0.05) is 0 Å². The Bertz CT molecular complexity index is 422. The van der Waals surface area contributed by atoms with Gasteiger partial charge in [-0.3, -0.25) is 4.79 Å². The van der Waals surface area contributed by atoms with E-state index in [1.165, 1.54) is 12.1 Å². The molecule has 0 radical (unpaired) electrons. The molecular weight excluding hydrogens is 188 g/mol.